The standard InChI is InChI=1S/C6H13Cl2N.ClH/c1-6(8)5-9-4-2-3-7;/h6,9H,2-5H2,1H3;1H. The molecular formula is C6H14Cl3N. The van der Waals surface area contributed by atoms with Gasteiger partial charge in [-0.2, -0.15) is 0 Å². The summed E-state index contributed by atoms with van der Waals surface area (Å²) < 4.78 is 0. The minimum atomic E-state index is 0. The van der Waals surface area contributed by atoms with Crippen molar-refractivity contribution in [2.45, 2.75) is 18.7 Å². The molecule has 0 aliphatic heterocycles. The lowest BCUT2D eigenvalue weighted by Crippen LogP contribution is -2.22. The molecule has 4 heteroatoms. The van der Waals surface area contributed by atoms with E-state index in [0.29, 0.717) is 0 Å². The SMILES string of the molecule is CC(Cl)CNCCCCl.Cl. The zero-order valence-corrected chi connectivity index (χ0v) is 8.40. The van der Waals surface area contributed by atoms with Gasteiger partial charge in [-0.15, -0.1) is 35.6 Å². The molecule has 0 aromatic rings. The summed E-state index contributed by atoms with van der Waals surface area (Å²) in [6, 6.07) is 0. The summed E-state index contributed by atoms with van der Waals surface area (Å²) >= 11 is 11.1. The highest BCUT2D eigenvalue weighted by Crippen LogP contribution is 1.89. The van der Waals surface area contributed by atoms with E-state index in [1.54, 1.807) is 0 Å². The van der Waals surface area contributed by atoms with Crippen LogP contribution in [0.5, 0.6) is 0 Å². The zero-order valence-electron chi connectivity index (χ0n) is 6.07. The normalized spacial score (nSPS) is 12.3. The van der Waals surface area contributed by atoms with Crippen LogP contribution in [-0.4, -0.2) is 24.3 Å². The van der Waals surface area contributed by atoms with Gasteiger partial charge in [-0.25, -0.2) is 0 Å². The Balaban J connectivity index is 0. The van der Waals surface area contributed by atoms with Crippen molar-refractivity contribution >= 4 is 35.6 Å². The first-order valence-electron chi connectivity index (χ1n) is 3.18. The molecule has 64 valence electrons. The molecule has 0 spiro atoms. The van der Waals surface area contributed by atoms with E-state index in [4.69, 9.17) is 23.2 Å². The summed E-state index contributed by atoms with van der Waals surface area (Å²) in [5, 5.41) is 3.39. The van der Waals surface area contributed by atoms with Crippen molar-refractivity contribution in [1.29, 1.82) is 0 Å². The third-order valence-corrected chi connectivity index (χ3v) is 1.33. The molecule has 0 aliphatic rings. The minimum absolute atomic E-state index is 0. The molecule has 1 nitrogen and oxygen atoms in total. The predicted octanol–water partition coefficient (Wildman–Crippen LogP) is 2.25. The minimum Gasteiger partial charge on any atom is -0.315 e. The van der Waals surface area contributed by atoms with Crippen LogP contribution in [0.2, 0.25) is 0 Å². The Morgan fingerprint density at radius 3 is 2.50 bits per heavy atom. The van der Waals surface area contributed by atoms with Crippen molar-refractivity contribution in [3.8, 4) is 0 Å². The quantitative estimate of drug-likeness (QED) is 0.537. The first-order chi connectivity index (χ1) is 4.27. The fraction of sp³-hybridized carbons (Fsp3) is 1.00. The summed E-state index contributed by atoms with van der Waals surface area (Å²) in [5.41, 5.74) is 0. The number of hydrogen-bond donors (Lipinski definition) is 1. The van der Waals surface area contributed by atoms with Crippen LogP contribution < -0.4 is 5.32 Å². The van der Waals surface area contributed by atoms with Crippen molar-refractivity contribution in [2.24, 2.45) is 0 Å². The molecule has 0 aromatic heterocycles. The van der Waals surface area contributed by atoms with Crippen LogP contribution in [-0.2, 0) is 0 Å². The van der Waals surface area contributed by atoms with Gasteiger partial charge in [0.2, 0.25) is 0 Å². The summed E-state index contributed by atoms with van der Waals surface area (Å²) in [5.74, 6) is 0.726. The Morgan fingerprint density at radius 2 is 2.10 bits per heavy atom. The largest absolute Gasteiger partial charge is 0.315 e. The summed E-state index contributed by atoms with van der Waals surface area (Å²) in [4.78, 5) is 0. The van der Waals surface area contributed by atoms with Gasteiger partial charge in [0.05, 0.1) is 0 Å². The second-order valence-corrected chi connectivity index (χ2v) is 3.15. The smallest absolute Gasteiger partial charge is 0.0432 e. The molecule has 0 saturated heterocycles. The Kier molecular flexibility index (Phi) is 13.2. The molecule has 10 heavy (non-hydrogen) atoms. The monoisotopic (exact) mass is 205 g/mol. The molecule has 0 rings (SSSR count). The zero-order chi connectivity index (χ0) is 7.11. The van der Waals surface area contributed by atoms with Gasteiger partial charge in [-0.05, 0) is 19.9 Å². The first kappa shape index (κ1) is 13.4. The van der Waals surface area contributed by atoms with Gasteiger partial charge in [-0.3, -0.25) is 0 Å². The Hall–Kier alpha value is 0.830. The number of alkyl halides is 2. The lowest BCUT2D eigenvalue weighted by Gasteiger charge is -2.03. The number of halogens is 3. The summed E-state index contributed by atoms with van der Waals surface area (Å²) in [6.45, 7) is 3.81. The highest BCUT2D eigenvalue weighted by molar-refractivity contribution is 6.20. The van der Waals surface area contributed by atoms with E-state index in [1.165, 1.54) is 0 Å². The van der Waals surface area contributed by atoms with E-state index in [2.05, 4.69) is 5.32 Å². The van der Waals surface area contributed by atoms with E-state index in [-0.39, 0.29) is 17.8 Å². The number of nitrogens with one attached hydrogen (secondary N) is 1. The van der Waals surface area contributed by atoms with Gasteiger partial charge < -0.3 is 5.32 Å². The average Bonchev–Trinajstić information content (AvgIpc) is 1.80. The van der Waals surface area contributed by atoms with Gasteiger partial charge in [0.25, 0.3) is 0 Å². The van der Waals surface area contributed by atoms with Gasteiger partial charge in [-0.1, -0.05) is 0 Å². The van der Waals surface area contributed by atoms with Crippen molar-refractivity contribution in [2.75, 3.05) is 19.0 Å². The van der Waals surface area contributed by atoms with Crippen LogP contribution in [0.4, 0.5) is 0 Å². The fourth-order valence-electron chi connectivity index (χ4n) is 0.493. The lowest BCUT2D eigenvalue weighted by atomic mass is 10.4. The maximum Gasteiger partial charge on any atom is 0.0432 e. The van der Waals surface area contributed by atoms with Gasteiger partial charge in [0.15, 0.2) is 0 Å². The lowest BCUT2D eigenvalue weighted by molar-refractivity contribution is 0.667. The van der Waals surface area contributed by atoms with E-state index < -0.39 is 0 Å². The molecule has 0 fully saturated rings. The average molecular weight is 207 g/mol. The van der Waals surface area contributed by atoms with E-state index in [1.807, 2.05) is 6.92 Å². The molecule has 0 bridgehead atoms. The third-order valence-electron chi connectivity index (χ3n) is 0.913. The fourth-order valence-corrected chi connectivity index (χ4v) is 0.736. The van der Waals surface area contributed by atoms with E-state index in [9.17, 15) is 0 Å². The Morgan fingerprint density at radius 1 is 1.50 bits per heavy atom. The predicted molar refractivity (Wildman–Crippen MR) is 50.8 cm³/mol. The molecule has 1 unspecified atom stereocenters. The van der Waals surface area contributed by atoms with Crippen LogP contribution in [0.1, 0.15) is 13.3 Å². The second kappa shape index (κ2) is 9.83. The molecular weight excluding hydrogens is 192 g/mol. The first-order valence-corrected chi connectivity index (χ1v) is 4.15. The number of hydrogen-bond acceptors (Lipinski definition) is 1. The Bertz CT molecular complexity index is 59.0. The molecule has 0 saturated carbocycles. The second-order valence-electron chi connectivity index (χ2n) is 2.03. The topological polar surface area (TPSA) is 12.0 Å². The van der Waals surface area contributed by atoms with Crippen LogP contribution in [0, 0.1) is 0 Å². The third kappa shape index (κ3) is 11.6. The maximum absolute atomic E-state index is 5.66. The van der Waals surface area contributed by atoms with E-state index >= 15 is 0 Å². The highest BCUT2D eigenvalue weighted by atomic mass is 35.5. The van der Waals surface area contributed by atoms with Crippen LogP contribution in [0.15, 0.2) is 0 Å². The summed E-state index contributed by atoms with van der Waals surface area (Å²) in [7, 11) is 0. The van der Waals surface area contributed by atoms with Crippen molar-refractivity contribution in [3.63, 3.8) is 0 Å². The van der Waals surface area contributed by atoms with Gasteiger partial charge >= 0.3 is 0 Å². The molecule has 0 amide bonds. The molecule has 0 aromatic carbocycles. The summed E-state index contributed by atoms with van der Waals surface area (Å²) in [6.07, 6.45) is 1.02. The van der Waals surface area contributed by atoms with Gasteiger partial charge in [0.1, 0.15) is 0 Å². The van der Waals surface area contributed by atoms with Crippen molar-refractivity contribution in [3.05, 3.63) is 0 Å². The number of rotatable bonds is 5. The molecule has 1 N–H and O–H groups in total. The molecule has 0 radical (unpaired) electrons. The van der Waals surface area contributed by atoms with E-state index in [0.717, 1.165) is 25.4 Å². The highest BCUT2D eigenvalue weighted by Gasteiger charge is 1.92. The maximum atomic E-state index is 5.66. The van der Waals surface area contributed by atoms with Crippen molar-refractivity contribution < 1.29 is 0 Å². The molecule has 0 heterocycles. The van der Waals surface area contributed by atoms with Crippen molar-refractivity contribution in [1.82, 2.24) is 5.32 Å². The van der Waals surface area contributed by atoms with Gasteiger partial charge in [0, 0.05) is 17.8 Å². The Labute approximate surface area is 78.9 Å². The molecule has 1 atom stereocenters. The van der Waals surface area contributed by atoms with Crippen LogP contribution in [0.3, 0.4) is 0 Å². The van der Waals surface area contributed by atoms with Crippen LogP contribution in [0.25, 0.3) is 0 Å². The van der Waals surface area contributed by atoms with Crippen LogP contribution >= 0.6 is 35.6 Å². The molecule has 0 aliphatic carbocycles.